The topological polar surface area (TPSA) is 51.0 Å². The fourth-order valence-corrected chi connectivity index (χ4v) is 3.41. The zero-order valence-corrected chi connectivity index (χ0v) is 14.4. The third-order valence-corrected chi connectivity index (χ3v) is 4.66. The average molecular weight is 326 g/mol. The van der Waals surface area contributed by atoms with Gasteiger partial charge in [0.1, 0.15) is 0 Å². The maximum absolute atomic E-state index is 12.7. The highest BCUT2D eigenvalue weighted by Gasteiger charge is 2.26. The molecule has 0 spiro atoms. The maximum atomic E-state index is 12.7. The van der Waals surface area contributed by atoms with Crippen LogP contribution in [0.2, 0.25) is 0 Å². The largest absolute Gasteiger partial charge is 0.338 e. The second-order valence-corrected chi connectivity index (χ2v) is 6.65. The average Bonchev–Trinajstić information content (AvgIpc) is 3.01. The van der Waals surface area contributed by atoms with E-state index in [9.17, 15) is 4.79 Å². The summed E-state index contributed by atoms with van der Waals surface area (Å²) in [5, 5.41) is 4.38. The molecular formula is C19H26N4O. The Kier molecular flexibility index (Phi) is 5.62. The third-order valence-electron chi connectivity index (χ3n) is 4.66. The van der Waals surface area contributed by atoms with Crippen LogP contribution in [0.25, 0.3) is 0 Å². The molecular weight excluding hydrogens is 300 g/mol. The molecule has 0 bridgehead atoms. The molecule has 1 atom stereocenters. The second kappa shape index (κ2) is 8.08. The zero-order chi connectivity index (χ0) is 16.8. The van der Waals surface area contributed by atoms with Crippen LogP contribution in [-0.2, 0) is 17.8 Å². The molecule has 1 saturated heterocycles. The van der Waals surface area contributed by atoms with Gasteiger partial charge in [0.05, 0.1) is 18.8 Å². The van der Waals surface area contributed by atoms with Crippen molar-refractivity contribution in [1.82, 2.24) is 19.7 Å². The lowest BCUT2D eigenvalue weighted by Gasteiger charge is -2.36. The molecule has 128 valence electrons. The van der Waals surface area contributed by atoms with Gasteiger partial charge in [0, 0.05) is 31.1 Å². The van der Waals surface area contributed by atoms with Crippen LogP contribution < -0.4 is 0 Å². The van der Waals surface area contributed by atoms with Gasteiger partial charge in [0.25, 0.3) is 0 Å². The number of carbonyl (C=O) groups is 1. The molecule has 1 aliphatic rings. The molecule has 0 radical (unpaired) electrons. The molecule has 0 N–H and O–H groups in total. The van der Waals surface area contributed by atoms with E-state index in [2.05, 4.69) is 21.2 Å². The van der Waals surface area contributed by atoms with Crippen molar-refractivity contribution >= 4 is 5.91 Å². The molecule has 0 saturated carbocycles. The highest BCUT2D eigenvalue weighted by atomic mass is 16.2. The highest BCUT2D eigenvalue weighted by Crippen LogP contribution is 2.20. The molecule has 0 aromatic carbocycles. The first kappa shape index (κ1) is 16.7. The van der Waals surface area contributed by atoms with Crippen LogP contribution in [0.15, 0.2) is 36.8 Å². The van der Waals surface area contributed by atoms with Gasteiger partial charge in [0.2, 0.25) is 5.91 Å². The van der Waals surface area contributed by atoms with Crippen LogP contribution in [0.4, 0.5) is 0 Å². The van der Waals surface area contributed by atoms with Gasteiger partial charge in [-0.05, 0) is 56.7 Å². The van der Waals surface area contributed by atoms with E-state index in [0.29, 0.717) is 6.42 Å². The molecule has 2 aromatic heterocycles. The van der Waals surface area contributed by atoms with Gasteiger partial charge < -0.3 is 4.90 Å². The fraction of sp³-hybridized carbons (Fsp3) is 0.526. The van der Waals surface area contributed by atoms with Crippen LogP contribution in [-0.4, -0.2) is 38.2 Å². The minimum atomic E-state index is 0.277. The van der Waals surface area contributed by atoms with E-state index >= 15 is 0 Å². The van der Waals surface area contributed by atoms with Gasteiger partial charge >= 0.3 is 0 Å². The van der Waals surface area contributed by atoms with E-state index in [1.807, 2.05) is 42.2 Å². The molecule has 24 heavy (non-hydrogen) atoms. The summed E-state index contributed by atoms with van der Waals surface area (Å²) in [4.78, 5) is 19.1. The van der Waals surface area contributed by atoms with Crippen molar-refractivity contribution in [2.75, 3.05) is 6.54 Å². The van der Waals surface area contributed by atoms with E-state index in [-0.39, 0.29) is 11.9 Å². The number of amides is 1. The molecule has 3 rings (SSSR count). The normalized spacial score (nSPS) is 17.9. The summed E-state index contributed by atoms with van der Waals surface area (Å²) in [5.41, 5.74) is 2.23. The number of carbonyl (C=O) groups excluding carboxylic acids is 1. The van der Waals surface area contributed by atoms with Gasteiger partial charge in [-0.3, -0.25) is 14.5 Å². The Labute approximate surface area is 143 Å². The molecule has 1 amide bonds. The fourth-order valence-electron chi connectivity index (χ4n) is 3.41. The molecule has 5 heteroatoms. The third kappa shape index (κ3) is 4.43. The van der Waals surface area contributed by atoms with Crippen LogP contribution in [0.3, 0.4) is 0 Å². The second-order valence-electron chi connectivity index (χ2n) is 6.65. The molecule has 1 aliphatic heterocycles. The van der Waals surface area contributed by atoms with Crippen molar-refractivity contribution in [1.29, 1.82) is 0 Å². The van der Waals surface area contributed by atoms with Gasteiger partial charge in [-0.1, -0.05) is 6.07 Å². The minimum absolute atomic E-state index is 0.277. The van der Waals surface area contributed by atoms with Crippen LogP contribution in [0, 0.1) is 6.92 Å². The van der Waals surface area contributed by atoms with Crippen molar-refractivity contribution in [3.8, 4) is 0 Å². The summed E-state index contributed by atoms with van der Waals surface area (Å²) >= 11 is 0. The van der Waals surface area contributed by atoms with E-state index in [1.165, 1.54) is 12.0 Å². The summed E-state index contributed by atoms with van der Waals surface area (Å²) < 4.78 is 1.97. The Morgan fingerprint density at radius 2 is 2.25 bits per heavy atom. The predicted molar refractivity (Wildman–Crippen MR) is 93.5 cm³/mol. The summed E-state index contributed by atoms with van der Waals surface area (Å²) in [5.74, 6) is 0.277. The van der Waals surface area contributed by atoms with E-state index < -0.39 is 0 Å². The SMILES string of the molecule is Cc1cnn(C[C@H]2CCCCN2C(=O)CCCc2ccccn2)c1. The van der Waals surface area contributed by atoms with Crippen molar-refractivity contribution in [3.63, 3.8) is 0 Å². The Bertz CT molecular complexity index is 652. The number of pyridine rings is 1. The van der Waals surface area contributed by atoms with E-state index in [4.69, 9.17) is 0 Å². The maximum Gasteiger partial charge on any atom is 0.222 e. The molecule has 2 aromatic rings. The van der Waals surface area contributed by atoms with Crippen LogP contribution in [0.1, 0.15) is 43.4 Å². The molecule has 5 nitrogen and oxygen atoms in total. The van der Waals surface area contributed by atoms with Crippen molar-refractivity contribution in [3.05, 3.63) is 48.0 Å². The van der Waals surface area contributed by atoms with Gasteiger partial charge in [-0.25, -0.2) is 0 Å². The quantitative estimate of drug-likeness (QED) is 0.820. The Balaban J connectivity index is 1.53. The summed E-state index contributed by atoms with van der Waals surface area (Å²) in [6, 6.07) is 6.22. The number of nitrogens with zero attached hydrogens (tertiary/aromatic N) is 4. The number of piperidine rings is 1. The Morgan fingerprint density at radius 3 is 3.00 bits per heavy atom. The highest BCUT2D eigenvalue weighted by molar-refractivity contribution is 5.76. The van der Waals surface area contributed by atoms with Gasteiger partial charge in [-0.15, -0.1) is 0 Å². The summed E-state index contributed by atoms with van der Waals surface area (Å²) in [6.07, 6.45) is 11.5. The van der Waals surface area contributed by atoms with Crippen molar-refractivity contribution in [2.45, 2.75) is 58.0 Å². The smallest absolute Gasteiger partial charge is 0.222 e. The van der Waals surface area contributed by atoms with Crippen molar-refractivity contribution in [2.24, 2.45) is 0 Å². The number of rotatable bonds is 6. The lowest BCUT2D eigenvalue weighted by molar-refractivity contribution is -0.135. The first-order valence-electron chi connectivity index (χ1n) is 8.91. The van der Waals surface area contributed by atoms with Crippen LogP contribution >= 0.6 is 0 Å². The van der Waals surface area contributed by atoms with Gasteiger partial charge in [-0.2, -0.15) is 5.10 Å². The van der Waals surface area contributed by atoms with Crippen molar-refractivity contribution < 1.29 is 4.79 Å². The minimum Gasteiger partial charge on any atom is -0.338 e. The summed E-state index contributed by atoms with van der Waals surface area (Å²) in [6.45, 7) is 3.73. The Hall–Kier alpha value is -2.17. The Morgan fingerprint density at radius 1 is 1.33 bits per heavy atom. The number of hydrogen-bond donors (Lipinski definition) is 0. The van der Waals surface area contributed by atoms with E-state index in [0.717, 1.165) is 44.5 Å². The van der Waals surface area contributed by atoms with Gasteiger partial charge in [0.15, 0.2) is 0 Å². The monoisotopic (exact) mass is 326 g/mol. The number of likely N-dealkylation sites (tertiary alicyclic amines) is 1. The molecule has 1 fully saturated rings. The molecule has 0 unspecified atom stereocenters. The van der Waals surface area contributed by atoms with Crippen LogP contribution in [0.5, 0.6) is 0 Å². The number of aromatic nitrogens is 3. The lowest BCUT2D eigenvalue weighted by Crippen LogP contribution is -2.45. The molecule has 0 aliphatic carbocycles. The zero-order valence-electron chi connectivity index (χ0n) is 14.4. The lowest BCUT2D eigenvalue weighted by atomic mass is 10.0. The summed E-state index contributed by atoms with van der Waals surface area (Å²) in [7, 11) is 0. The standard InChI is InChI=1S/C19H26N4O/c1-16-13-21-22(14-16)15-18-9-3-5-12-23(18)19(24)10-6-8-17-7-2-4-11-20-17/h2,4,7,11,13-14,18H,3,5-6,8-10,12,15H2,1H3/t18-/m1/s1. The van der Waals surface area contributed by atoms with E-state index in [1.54, 1.807) is 0 Å². The molecule has 3 heterocycles. The number of aryl methyl sites for hydroxylation is 2. The number of hydrogen-bond acceptors (Lipinski definition) is 3. The predicted octanol–water partition coefficient (Wildman–Crippen LogP) is 2.99. The first-order valence-corrected chi connectivity index (χ1v) is 8.91. The first-order chi connectivity index (χ1) is 11.7.